The van der Waals surface area contributed by atoms with Crippen molar-refractivity contribution in [2.75, 3.05) is 17.8 Å². The molecule has 9 heteroatoms. The standard InChI is InChI=1S/C18H20ClN3O3S.ClH/c19-14-5-2-6-15(11-14)22-26(24,25)17-8-1-4-13(10-17)18(23)21-12-16-7-3-9-20-16;/h1-2,4-6,8,10-11,16,20,22H,3,7,9,12H2,(H,21,23);1H. The third-order valence-corrected chi connectivity index (χ3v) is 5.77. The van der Waals surface area contributed by atoms with Crippen molar-refractivity contribution in [3.8, 4) is 0 Å². The minimum atomic E-state index is -3.82. The molecule has 1 atom stereocenters. The molecule has 1 unspecified atom stereocenters. The van der Waals surface area contributed by atoms with E-state index in [1.807, 2.05) is 0 Å². The molecule has 1 heterocycles. The molecular weight excluding hydrogens is 409 g/mol. The maximum Gasteiger partial charge on any atom is 0.261 e. The largest absolute Gasteiger partial charge is 0.350 e. The van der Waals surface area contributed by atoms with Gasteiger partial charge in [-0.1, -0.05) is 23.7 Å². The number of carbonyl (C=O) groups excluding carboxylic acids is 1. The Morgan fingerprint density at radius 3 is 2.67 bits per heavy atom. The quantitative estimate of drug-likeness (QED) is 0.658. The first-order chi connectivity index (χ1) is 12.4. The zero-order valence-electron chi connectivity index (χ0n) is 14.4. The molecule has 0 aliphatic carbocycles. The molecule has 1 aliphatic rings. The van der Waals surface area contributed by atoms with Gasteiger partial charge in [-0.15, -0.1) is 12.4 Å². The van der Waals surface area contributed by atoms with E-state index in [0.29, 0.717) is 22.8 Å². The van der Waals surface area contributed by atoms with E-state index in [2.05, 4.69) is 15.4 Å². The number of halogens is 2. The maximum atomic E-state index is 12.6. The van der Waals surface area contributed by atoms with Gasteiger partial charge in [0.2, 0.25) is 0 Å². The van der Waals surface area contributed by atoms with Crippen LogP contribution in [0.15, 0.2) is 53.4 Å². The first-order valence-corrected chi connectivity index (χ1v) is 10.2. The van der Waals surface area contributed by atoms with Gasteiger partial charge in [-0.3, -0.25) is 9.52 Å². The third kappa shape index (κ3) is 5.84. The maximum absolute atomic E-state index is 12.6. The van der Waals surface area contributed by atoms with E-state index in [9.17, 15) is 13.2 Å². The summed E-state index contributed by atoms with van der Waals surface area (Å²) in [6.07, 6.45) is 2.13. The Bertz CT molecular complexity index is 900. The molecular formula is C18H21Cl2N3O3S. The van der Waals surface area contributed by atoms with Crippen molar-refractivity contribution in [2.45, 2.75) is 23.8 Å². The number of sulfonamides is 1. The zero-order chi connectivity index (χ0) is 18.6. The molecule has 27 heavy (non-hydrogen) atoms. The smallest absolute Gasteiger partial charge is 0.261 e. The summed E-state index contributed by atoms with van der Waals surface area (Å²) >= 11 is 5.88. The Hall–Kier alpha value is -1.80. The van der Waals surface area contributed by atoms with Crippen molar-refractivity contribution in [3.05, 3.63) is 59.1 Å². The molecule has 0 radical (unpaired) electrons. The van der Waals surface area contributed by atoms with Gasteiger partial charge in [-0.05, 0) is 55.8 Å². The fraction of sp³-hybridized carbons (Fsp3) is 0.278. The van der Waals surface area contributed by atoms with Gasteiger partial charge in [0.15, 0.2) is 0 Å². The van der Waals surface area contributed by atoms with Crippen LogP contribution in [0.2, 0.25) is 5.02 Å². The Labute approximate surface area is 170 Å². The lowest BCUT2D eigenvalue weighted by Crippen LogP contribution is -2.37. The lowest BCUT2D eigenvalue weighted by atomic mass is 10.2. The van der Waals surface area contributed by atoms with Gasteiger partial charge >= 0.3 is 0 Å². The number of benzene rings is 2. The highest BCUT2D eigenvalue weighted by Crippen LogP contribution is 2.20. The predicted molar refractivity (Wildman–Crippen MR) is 109 cm³/mol. The molecule has 2 aromatic carbocycles. The van der Waals surface area contributed by atoms with Gasteiger partial charge in [-0.25, -0.2) is 8.42 Å². The fourth-order valence-electron chi connectivity index (χ4n) is 2.82. The molecule has 1 amide bonds. The monoisotopic (exact) mass is 429 g/mol. The average molecular weight is 430 g/mol. The Morgan fingerprint density at radius 1 is 1.19 bits per heavy atom. The predicted octanol–water partition coefficient (Wildman–Crippen LogP) is 3.04. The number of carbonyl (C=O) groups is 1. The molecule has 3 rings (SSSR count). The van der Waals surface area contributed by atoms with Gasteiger partial charge in [0.05, 0.1) is 10.6 Å². The molecule has 2 aromatic rings. The van der Waals surface area contributed by atoms with Gasteiger partial charge in [0, 0.05) is 23.2 Å². The van der Waals surface area contributed by atoms with Gasteiger partial charge in [-0.2, -0.15) is 0 Å². The summed E-state index contributed by atoms with van der Waals surface area (Å²) < 4.78 is 27.6. The van der Waals surface area contributed by atoms with Crippen LogP contribution in [0.3, 0.4) is 0 Å². The molecule has 1 fully saturated rings. The normalized spacial score (nSPS) is 16.4. The second-order valence-electron chi connectivity index (χ2n) is 6.15. The highest BCUT2D eigenvalue weighted by molar-refractivity contribution is 7.92. The summed E-state index contributed by atoms with van der Waals surface area (Å²) in [6, 6.07) is 12.7. The summed E-state index contributed by atoms with van der Waals surface area (Å²) in [5.41, 5.74) is 0.664. The van der Waals surface area contributed by atoms with Crippen LogP contribution in [0, 0.1) is 0 Å². The molecule has 6 nitrogen and oxygen atoms in total. The molecule has 0 bridgehead atoms. The van der Waals surface area contributed by atoms with Crippen LogP contribution in [0.25, 0.3) is 0 Å². The first-order valence-electron chi connectivity index (χ1n) is 8.34. The lowest BCUT2D eigenvalue weighted by Gasteiger charge is -2.12. The Kier molecular flexibility index (Phi) is 7.49. The molecule has 146 valence electrons. The van der Waals surface area contributed by atoms with Crippen molar-refractivity contribution < 1.29 is 13.2 Å². The van der Waals surface area contributed by atoms with Crippen LogP contribution in [-0.4, -0.2) is 33.5 Å². The molecule has 1 aliphatic heterocycles. The first kappa shape index (κ1) is 21.5. The highest BCUT2D eigenvalue weighted by atomic mass is 35.5. The summed E-state index contributed by atoms with van der Waals surface area (Å²) in [4.78, 5) is 12.3. The van der Waals surface area contributed by atoms with Crippen LogP contribution in [0.1, 0.15) is 23.2 Å². The Balaban J connectivity index is 0.00000261. The summed E-state index contributed by atoms with van der Waals surface area (Å²) in [7, 11) is -3.82. The van der Waals surface area contributed by atoms with E-state index in [1.165, 1.54) is 18.2 Å². The molecule has 1 saturated heterocycles. The molecule has 0 aromatic heterocycles. The van der Waals surface area contributed by atoms with Crippen LogP contribution in [0.4, 0.5) is 5.69 Å². The summed E-state index contributed by atoms with van der Waals surface area (Å²) in [6.45, 7) is 1.49. The van der Waals surface area contributed by atoms with Crippen molar-refractivity contribution in [1.29, 1.82) is 0 Å². The van der Waals surface area contributed by atoms with Crippen molar-refractivity contribution >= 4 is 45.6 Å². The van der Waals surface area contributed by atoms with Crippen LogP contribution >= 0.6 is 24.0 Å². The lowest BCUT2D eigenvalue weighted by molar-refractivity contribution is 0.0950. The third-order valence-electron chi connectivity index (χ3n) is 4.15. The van der Waals surface area contributed by atoms with E-state index in [1.54, 1.807) is 30.3 Å². The van der Waals surface area contributed by atoms with Crippen LogP contribution < -0.4 is 15.4 Å². The van der Waals surface area contributed by atoms with Crippen LogP contribution in [-0.2, 0) is 10.0 Å². The SMILES string of the molecule is Cl.O=C(NCC1CCCN1)c1cccc(S(=O)(=O)Nc2cccc(Cl)c2)c1. The Morgan fingerprint density at radius 2 is 1.96 bits per heavy atom. The van der Waals surface area contributed by atoms with Crippen molar-refractivity contribution in [2.24, 2.45) is 0 Å². The number of anilines is 1. The molecule has 0 spiro atoms. The summed E-state index contributed by atoms with van der Waals surface area (Å²) in [5, 5.41) is 6.57. The number of nitrogens with one attached hydrogen (secondary N) is 3. The minimum absolute atomic E-state index is 0. The topological polar surface area (TPSA) is 87.3 Å². The number of hydrogen-bond donors (Lipinski definition) is 3. The van der Waals surface area contributed by atoms with E-state index >= 15 is 0 Å². The van der Waals surface area contributed by atoms with E-state index in [4.69, 9.17) is 11.6 Å². The number of rotatable bonds is 6. The van der Waals surface area contributed by atoms with Crippen molar-refractivity contribution in [3.63, 3.8) is 0 Å². The fourth-order valence-corrected chi connectivity index (χ4v) is 4.10. The summed E-state index contributed by atoms with van der Waals surface area (Å²) in [5.74, 6) is -0.293. The van der Waals surface area contributed by atoms with Gasteiger partial charge in [0.25, 0.3) is 15.9 Å². The second kappa shape index (κ2) is 9.41. The zero-order valence-corrected chi connectivity index (χ0v) is 16.8. The highest BCUT2D eigenvalue weighted by Gasteiger charge is 2.18. The molecule has 0 saturated carbocycles. The van der Waals surface area contributed by atoms with Crippen molar-refractivity contribution in [1.82, 2.24) is 10.6 Å². The van der Waals surface area contributed by atoms with E-state index < -0.39 is 10.0 Å². The molecule has 3 N–H and O–H groups in total. The second-order valence-corrected chi connectivity index (χ2v) is 8.27. The van der Waals surface area contributed by atoms with Gasteiger partial charge in [0.1, 0.15) is 0 Å². The average Bonchev–Trinajstić information content (AvgIpc) is 3.13. The van der Waals surface area contributed by atoms with Crippen LogP contribution in [0.5, 0.6) is 0 Å². The van der Waals surface area contributed by atoms with E-state index in [0.717, 1.165) is 19.4 Å². The van der Waals surface area contributed by atoms with Gasteiger partial charge < -0.3 is 10.6 Å². The minimum Gasteiger partial charge on any atom is -0.350 e. The number of hydrogen-bond acceptors (Lipinski definition) is 4. The van der Waals surface area contributed by atoms with E-state index in [-0.39, 0.29) is 29.3 Å². The number of amides is 1.